The Morgan fingerprint density at radius 3 is 2.71 bits per heavy atom. The second-order valence-corrected chi connectivity index (χ2v) is 3.26. The lowest BCUT2D eigenvalue weighted by Gasteiger charge is -2.14. The molecule has 1 amide bonds. The SMILES string of the molecule is C#CCC(CC)NC(=O)CNCCC. The maximum atomic E-state index is 11.3. The van der Waals surface area contributed by atoms with Gasteiger partial charge in [0, 0.05) is 12.5 Å². The van der Waals surface area contributed by atoms with Crippen molar-refractivity contribution in [2.45, 2.75) is 39.2 Å². The number of amides is 1. The van der Waals surface area contributed by atoms with E-state index in [1.165, 1.54) is 0 Å². The highest BCUT2D eigenvalue weighted by Gasteiger charge is 2.07. The Morgan fingerprint density at radius 2 is 2.21 bits per heavy atom. The Bertz CT molecular complexity index is 196. The molecule has 0 saturated carbocycles. The molecule has 14 heavy (non-hydrogen) atoms. The van der Waals surface area contributed by atoms with Gasteiger partial charge in [-0.2, -0.15) is 0 Å². The minimum atomic E-state index is 0.0283. The van der Waals surface area contributed by atoms with Crippen molar-refractivity contribution in [1.29, 1.82) is 0 Å². The summed E-state index contributed by atoms with van der Waals surface area (Å²) in [5.74, 6) is 2.58. The number of hydrogen-bond acceptors (Lipinski definition) is 2. The van der Waals surface area contributed by atoms with E-state index < -0.39 is 0 Å². The third-order valence-corrected chi connectivity index (χ3v) is 1.93. The summed E-state index contributed by atoms with van der Waals surface area (Å²) >= 11 is 0. The summed E-state index contributed by atoms with van der Waals surface area (Å²) in [6.45, 7) is 5.34. The van der Waals surface area contributed by atoms with Crippen molar-refractivity contribution < 1.29 is 4.79 Å². The molecule has 80 valence electrons. The van der Waals surface area contributed by atoms with E-state index in [0.717, 1.165) is 19.4 Å². The van der Waals surface area contributed by atoms with Crippen molar-refractivity contribution in [3.63, 3.8) is 0 Å². The maximum absolute atomic E-state index is 11.3. The molecule has 0 heterocycles. The van der Waals surface area contributed by atoms with Crippen molar-refractivity contribution in [2.24, 2.45) is 0 Å². The van der Waals surface area contributed by atoms with E-state index in [1.54, 1.807) is 0 Å². The molecule has 0 radical (unpaired) electrons. The summed E-state index contributed by atoms with van der Waals surface area (Å²) in [6, 6.07) is 0.121. The van der Waals surface area contributed by atoms with Gasteiger partial charge in [-0.15, -0.1) is 12.3 Å². The van der Waals surface area contributed by atoms with E-state index in [-0.39, 0.29) is 11.9 Å². The minimum Gasteiger partial charge on any atom is -0.351 e. The Labute approximate surface area is 86.6 Å². The summed E-state index contributed by atoms with van der Waals surface area (Å²) in [5, 5.41) is 5.93. The van der Waals surface area contributed by atoms with Crippen LogP contribution >= 0.6 is 0 Å². The molecule has 1 atom stereocenters. The first-order chi connectivity index (χ1) is 6.74. The van der Waals surface area contributed by atoms with Crippen LogP contribution in [0.1, 0.15) is 33.1 Å². The fraction of sp³-hybridized carbons (Fsp3) is 0.727. The second kappa shape index (κ2) is 8.58. The number of carbonyl (C=O) groups excluding carboxylic acids is 1. The van der Waals surface area contributed by atoms with E-state index in [2.05, 4.69) is 23.5 Å². The number of terminal acetylenes is 1. The number of nitrogens with one attached hydrogen (secondary N) is 2. The van der Waals surface area contributed by atoms with Gasteiger partial charge in [0.2, 0.25) is 5.91 Å². The van der Waals surface area contributed by atoms with E-state index in [9.17, 15) is 4.79 Å². The van der Waals surface area contributed by atoms with Gasteiger partial charge < -0.3 is 10.6 Å². The normalized spacial score (nSPS) is 11.8. The van der Waals surface area contributed by atoms with Crippen molar-refractivity contribution in [2.75, 3.05) is 13.1 Å². The van der Waals surface area contributed by atoms with Crippen LogP contribution in [0.25, 0.3) is 0 Å². The molecule has 0 fully saturated rings. The summed E-state index contributed by atoms with van der Waals surface area (Å²) in [6.07, 6.45) is 7.71. The smallest absolute Gasteiger partial charge is 0.234 e. The van der Waals surface area contributed by atoms with Crippen LogP contribution in [0.4, 0.5) is 0 Å². The predicted octanol–water partition coefficient (Wildman–Crippen LogP) is 0.904. The zero-order chi connectivity index (χ0) is 10.8. The predicted molar refractivity (Wildman–Crippen MR) is 58.8 cm³/mol. The molecule has 0 saturated heterocycles. The average molecular weight is 196 g/mol. The van der Waals surface area contributed by atoms with Crippen molar-refractivity contribution in [3.05, 3.63) is 0 Å². The van der Waals surface area contributed by atoms with Crippen LogP contribution < -0.4 is 10.6 Å². The molecule has 1 unspecified atom stereocenters. The molecule has 0 aromatic carbocycles. The monoisotopic (exact) mass is 196 g/mol. The molecule has 0 aliphatic heterocycles. The lowest BCUT2D eigenvalue weighted by atomic mass is 10.1. The Balaban J connectivity index is 3.63. The zero-order valence-electron chi connectivity index (χ0n) is 9.10. The Kier molecular flexibility index (Phi) is 7.96. The molecule has 3 heteroatoms. The molecule has 2 N–H and O–H groups in total. The Hall–Kier alpha value is -1.01. The third-order valence-electron chi connectivity index (χ3n) is 1.93. The summed E-state index contributed by atoms with van der Waals surface area (Å²) < 4.78 is 0. The fourth-order valence-corrected chi connectivity index (χ4v) is 1.10. The van der Waals surface area contributed by atoms with Gasteiger partial charge in [0.15, 0.2) is 0 Å². The van der Waals surface area contributed by atoms with Gasteiger partial charge in [0.1, 0.15) is 0 Å². The molecule has 0 spiro atoms. The number of carbonyl (C=O) groups is 1. The topological polar surface area (TPSA) is 41.1 Å². The minimum absolute atomic E-state index is 0.0283. The quantitative estimate of drug-likeness (QED) is 0.469. The first kappa shape index (κ1) is 13.0. The molecule has 0 aliphatic carbocycles. The highest BCUT2D eigenvalue weighted by molar-refractivity contribution is 5.78. The van der Waals surface area contributed by atoms with Crippen molar-refractivity contribution >= 4 is 5.91 Å². The summed E-state index contributed by atoms with van der Waals surface area (Å²) in [7, 11) is 0. The average Bonchev–Trinajstić information content (AvgIpc) is 2.17. The second-order valence-electron chi connectivity index (χ2n) is 3.26. The maximum Gasteiger partial charge on any atom is 0.234 e. The number of rotatable bonds is 7. The highest BCUT2D eigenvalue weighted by atomic mass is 16.1. The van der Waals surface area contributed by atoms with Gasteiger partial charge in [0.25, 0.3) is 0 Å². The molecule has 0 aromatic rings. The molecular formula is C11H20N2O. The first-order valence-corrected chi connectivity index (χ1v) is 5.18. The lowest BCUT2D eigenvalue weighted by Crippen LogP contribution is -2.40. The largest absolute Gasteiger partial charge is 0.351 e. The molecule has 3 nitrogen and oxygen atoms in total. The van der Waals surface area contributed by atoms with E-state index >= 15 is 0 Å². The molecule has 0 aliphatic rings. The number of hydrogen-bond donors (Lipinski definition) is 2. The van der Waals surface area contributed by atoms with Crippen LogP contribution in [0.15, 0.2) is 0 Å². The Morgan fingerprint density at radius 1 is 1.50 bits per heavy atom. The van der Waals surface area contributed by atoms with Crippen LogP contribution in [0.2, 0.25) is 0 Å². The van der Waals surface area contributed by atoms with Crippen LogP contribution in [-0.4, -0.2) is 25.0 Å². The summed E-state index contributed by atoms with van der Waals surface area (Å²) in [5.41, 5.74) is 0. The van der Waals surface area contributed by atoms with E-state index in [4.69, 9.17) is 6.42 Å². The van der Waals surface area contributed by atoms with Crippen LogP contribution in [-0.2, 0) is 4.79 Å². The first-order valence-electron chi connectivity index (χ1n) is 5.18. The molecule has 0 rings (SSSR count). The van der Waals surface area contributed by atoms with Gasteiger partial charge in [-0.25, -0.2) is 0 Å². The molecular weight excluding hydrogens is 176 g/mol. The molecule has 0 aromatic heterocycles. The molecule has 0 bridgehead atoms. The van der Waals surface area contributed by atoms with Gasteiger partial charge in [0.05, 0.1) is 6.54 Å². The zero-order valence-corrected chi connectivity index (χ0v) is 9.10. The third kappa shape index (κ3) is 6.50. The van der Waals surface area contributed by atoms with Crippen molar-refractivity contribution in [3.8, 4) is 12.3 Å². The van der Waals surface area contributed by atoms with Crippen LogP contribution in [0.5, 0.6) is 0 Å². The van der Waals surface area contributed by atoms with E-state index in [1.807, 2.05) is 6.92 Å². The standard InChI is InChI=1S/C11H20N2O/c1-4-7-10(6-3)13-11(14)9-12-8-5-2/h1,10,12H,5-9H2,2-3H3,(H,13,14). The van der Waals surface area contributed by atoms with Crippen LogP contribution in [0, 0.1) is 12.3 Å². The lowest BCUT2D eigenvalue weighted by molar-refractivity contribution is -0.120. The van der Waals surface area contributed by atoms with Gasteiger partial charge in [-0.05, 0) is 19.4 Å². The summed E-state index contributed by atoms with van der Waals surface area (Å²) in [4.78, 5) is 11.3. The van der Waals surface area contributed by atoms with Gasteiger partial charge in [-0.1, -0.05) is 13.8 Å². The van der Waals surface area contributed by atoms with Gasteiger partial charge >= 0.3 is 0 Å². The fourth-order valence-electron chi connectivity index (χ4n) is 1.10. The van der Waals surface area contributed by atoms with Crippen LogP contribution in [0.3, 0.4) is 0 Å². The van der Waals surface area contributed by atoms with Crippen molar-refractivity contribution in [1.82, 2.24) is 10.6 Å². The van der Waals surface area contributed by atoms with Gasteiger partial charge in [-0.3, -0.25) is 4.79 Å². The van der Waals surface area contributed by atoms with E-state index in [0.29, 0.717) is 13.0 Å². The highest BCUT2D eigenvalue weighted by Crippen LogP contribution is 1.94.